The molecule has 0 amide bonds. The van der Waals surface area contributed by atoms with E-state index in [9.17, 15) is 9.90 Å². The van der Waals surface area contributed by atoms with Gasteiger partial charge in [-0.2, -0.15) is 0 Å². The largest absolute Gasteiger partial charge is 0.544 e. The number of nitrogens with zero attached hydrogens (tertiary/aromatic N) is 2. The number of carboxylic acid groups (broad SMARTS) is 1. The van der Waals surface area contributed by atoms with Gasteiger partial charge in [-0.3, -0.25) is 5.10 Å². The van der Waals surface area contributed by atoms with Gasteiger partial charge in [-0.05, 0) is 52.6 Å². The van der Waals surface area contributed by atoms with Crippen LogP contribution in [0, 0.1) is 3.77 Å². The topological polar surface area (TPSA) is 94.8 Å². The molecule has 0 bridgehead atoms. The average molecular weight is 390 g/mol. The molecular weight excluding hydrogens is 381 g/mol. The number of aromatic nitrogens is 3. The lowest BCUT2D eigenvalue weighted by atomic mass is 10.4. The number of hydrogen-bond donors (Lipinski definition) is 1. The van der Waals surface area contributed by atoms with Crippen molar-refractivity contribution in [3.05, 3.63) is 32.4 Å². The molecule has 0 fully saturated rings. The van der Waals surface area contributed by atoms with Crippen LogP contribution in [-0.4, -0.2) is 21.2 Å². The molecule has 2 aromatic heterocycles. The first-order valence-electron chi connectivity index (χ1n) is 5.36. The molecule has 0 saturated heterocycles. The maximum atomic E-state index is 11.1. The SMILES string of the molecule is CCc1nc(S/C(=C/c2ccc(I)o2)C(=O)[O-])n[nH]1. The Labute approximate surface area is 126 Å². The number of halogens is 1. The van der Waals surface area contributed by atoms with Crippen LogP contribution in [0.4, 0.5) is 0 Å². The van der Waals surface area contributed by atoms with Gasteiger partial charge in [0.1, 0.15) is 11.6 Å². The van der Waals surface area contributed by atoms with Crippen molar-refractivity contribution in [3.8, 4) is 0 Å². The first-order chi connectivity index (χ1) is 9.08. The lowest BCUT2D eigenvalue weighted by Gasteiger charge is -2.04. The van der Waals surface area contributed by atoms with Crippen molar-refractivity contribution in [2.24, 2.45) is 0 Å². The zero-order valence-corrected chi connectivity index (χ0v) is 12.8. The lowest BCUT2D eigenvalue weighted by Crippen LogP contribution is -2.23. The number of H-pyrrole nitrogens is 1. The first-order valence-corrected chi connectivity index (χ1v) is 7.25. The van der Waals surface area contributed by atoms with Crippen molar-refractivity contribution >= 4 is 46.4 Å². The predicted molar refractivity (Wildman–Crippen MR) is 76.0 cm³/mol. The normalized spacial score (nSPS) is 11.8. The molecule has 0 spiro atoms. The third-order valence-corrected chi connectivity index (χ3v) is 3.57. The van der Waals surface area contributed by atoms with Crippen LogP contribution in [0.2, 0.25) is 0 Å². The molecule has 0 saturated carbocycles. The summed E-state index contributed by atoms with van der Waals surface area (Å²) in [5, 5.41) is 18.1. The number of aliphatic carboxylic acids is 1. The van der Waals surface area contributed by atoms with Crippen molar-refractivity contribution in [1.29, 1.82) is 0 Å². The van der Waals surface area contributed by atoms with Gasteiger partial charge in [-0.1, -0.05) is 6.92 Å². The van der Waals surface area contributed by atoms with E-state index in [1.807, 2.05) is 29.5 Å². The Bertz CT molecular complexity index is 620. The summed E-state index contributed by atoms with van der Waals surface area (Å²) in [5.74, 6) is -0.144. The van der Waals surface area contributed by atoms with Gasteiger partial charge in [-0.25, -0.2) is 4.98 Å². The van der Waals surface area contributed by atoms with Crippen LogP contribution in [0.15, 0.2) is 26.6 Å². The number of hydrogen-bond acceptors (Lipinski definition) is 6. The van der Waals surface area contributed by atoms with Crippen LogP contribution in [0.25, 0.3) is 6.08 Å². The van der Waals surface area contributed by atoms with Crippen LogP contribution in [-0.2, 0) is 11.2 Å². The van der Waals surface area contributed by atoms with Gasteiger partial charge >= 0.3 is 0 Å². The molecule has 0 atom stereocenters. The van der Waals surface area contributed by atoms with E-state index in [1.54, 1.807) is 12.1 Å². The van der Waals surface area contributed by atoms with E-state index >= 15 is 0 Å². The summed E-state index contributed by atoms with van der Waals surface area (Å²) in [6.07, 6.45) is 2.10. The number of carbonyl (C=O) groups excluding carboxylic acids is 1. The summed E-state index contributed by atoms with van der Waals surface area (Å²) in [6, 6.07) is 3.42. The molecule has 0 aliphatic heterocycles. The minimum absolute atomic E-state index is 0.00703. The second-order valence-electron chi connectivity index (χ2n) is 3.46. The van der Waals surface area contributed by atoms with Crippen molar-refractivity contribution < 1.29 is 14.3 Å². The van der Waals surface area contributed by atoms with Crippen LogP contribution in [0.1, 0.15) is 18.5 Å². The van der Waals surface area contributed by atoms with Gasteiger partial charge < -0.3 is 14.3 Å². The number of aryl methyl sites for hydroxylation is 1. The zero-order chi connectivity index (χ0) is 13.8. The number of furan rings is 1. The van der Waals surface area contributed by atoms with Crippen molar-refractivity contribution in [2.75, 3.05) is 0 Å². The minimum Gasteiger partial charge on any atom is -0.544 e. The summed E-state index contributed by atoms with van der Waals surface area (Å²) >= 11 is 2.92. The standard InChI is InChI=1S/C11H10IN3O3S/c1-2-9-13-11(15-14-9)19-7(10(16)17)5-6-3-4-8(12)18-6/h3-5H,2H2,1H3,(H,16,17)(H,13,14,15)/p-1/b7-5+. The highest BCUT2D eigenvalue weighted by Crippen LogP contribution is 2.25. The number of thioether (sulfide) groups is 1. The Hall–Kier alpha value is -1.29. The molecule has 19 heavy (non-hydrogen) atoms. The van der Waals surface area contributed by atoms with Crippen LogP contribution in [0.3, 0.4) is 0 Å². The van der Waals surface area contributed by atoms with E-state index < -0.39 is 5.97 Å². The van der Waals surface area contributed by atoms with Gasteiger partial charge in [0, 0.05) is 11.3 Å². The number of carboxylic acids is 1. The maximum absolute atomic E-state index is 11.1. The van der Waals surface area contributed by atoms with Gasteiger partial charge in [0.2, 0.25) is 5.16 Å². The van der Waals surface area contributed by atoms with Crippen LogP contribution in [0.5, 0.6) is 0 Å². The Morgan fingerprint density at radius 2 is 2.42 bits per heavy atom. The molecule has 0 aliphatic carbocycles. The fourth-order valence-electron chi connectivity index (χ4n) is 1.25. The molecule has 0 aliphatic rings. The van der Waals surface area contributed by atoms with E-state index in [4.69, 9.17) is 4.42 Å². The molecule has 0 unspecified atom stereocenters. The molecule has 2 rings (SSSR count). The summed E-state index contributed by atoms with van der Waals surface area (Å²) in [7, 11) is 0. The van der Waals surface area contributed by atoms with E-state index in [1.165, 1.54) is 6.08 Å². The Kier molecular flexibility index (Phi) is 4.64. The highest BCUT2D eigenvalue weighted by Gasteiger charge is 2.09. The minimum atomic E-state index is -1.29. The summed E-state index contributed by atoms with van der Waals surface area (Å²) in [5.41, 5.74) is 0. The number of rotatable bonds is 5. The molecule has 8 heteroatoms. The maximum Gasteiger partial charge on any atom is 0.213 e. The van der Waals surface area contributed by atoms with Crippen LogP contribution >= 0.6 is 34.4 Å². The second kappa shape index (κ2) is 6.24. The van der Waals surface area contributed by atoms with Gasteiger partial charge in [-0.15, -0.1) is 5.10 Å². The third kappa shape index (κ3) is 3.83. The van der Waals surface area contributed by atoms with E-state index in [0.717, 1.165) is 11.8 Å². The van der Waals surface area contributed by atoms with E-state index in [2.05, 4.69) is 15.2 Å². The first kappa shape index (κ1) is 14.1. The molecule has 1 N–H and O–H groups in total. The summed E-state index contributed by atoms with van der Waals surface area (Å²) in [6.45, 7) is 1.93. The molecule has 2 aromatic rings. The zero-order valence-electron chi connectivity index (χ0n) is 9.84. The predicted octanol–water partition coefficient (Wildman–Crippen LogP) is 1.45. The Morgan fingerprint density at radius 1 is 1.63 bits per heavy atom. The highest BCUT2D eigenvalue weighted by molar-refractivity contribution is 14.1. The molecule has 0 radical (unpaired) electrons. The number of carbonyl (C=O) groups is 1. The van der Waals surface area contributed by atoms with Crippen molar-refractivity contribution in [2.45, 2.75) is 18.5 Å². The van der Waals surface area contributed by atoms with Crippen molar-refractivity contribution in [1.82, 2.24) is 15.2 Å². The fraction of sp³-hybridized carbons (Fsp3) is 0.182. The Morgan fingerprint density at radius 3 is 2.95 bits per heavy atom. The van der Waals surface area contributed by atoms with Gasteiger partial charge in [0.25, 0.3) is 0 Å². The molecule has 2 heterocycles. The number of nitrogens with one attached hydrogen (secondary N) is 1. The molecule has 100 valence electrons. The third-order valence-electron chi connectivity index (χ3n) is 2.12. The highest BCUT2D eigenvalue weighted by atomic mass is 127. The van der Waals surface area contributed by atoms with Crippen molar-refractivity contribution in [3.63, 3.8) is 0 Å². The second-order valence-corrected chi connectivity index (χ2v) is 5.53. The smallest absolute Gasteiger partial charge is 0.213 e. The molecule has 0 aromatic carbocycles. The monoisotopic (exact) mass is 390 g/mol. The van der Waals surface area contributed by atoms with Crippen LogP contribution < -0.4 is 5.11 Å². The fourth-order valence-corrected chi connectivity index (χ4v) is 2.38. The van der Waals surface area contributed by atoms with E-state index in [0.29, 0.717) is 26.9 Å². The summed E-state index contributed by atoms with van der Waals surface area (Å²) < 4.78 is 5.96. The molecule has 6 nitrogen and oxygen atoms in total. The lowest BCUT2D eigenvalue weighted by molar-refractivity contribution is -0.298. The Balaban J connectivity index is 2.21. The number of aromatic amines is 1. The quantitative estimate of drug-likeness (QED) is 0.472. The average Bonchev–Trinajstić information content (AvgIpc) is 2.97. The van der Waals surface area contributed by atoms with Gasteiger partial charge in [0.15, 0.2) is 3.77 Å². The summed E-state index contributed by atoms with van der Waals surface area (Å²) in [4.78, 5) is 15.2. The molecular formula is C11H9IN3O3S-. The van der Waals surface area contributed by atoms with E-state index in [-0.39, 0.29) is 4.91 Å². The van der Waals surface area contributed by atoms with Gasteiger partial charge in [0.05, 0.1) is 5.97 Å².